The van der Waals surface area contributed by atoms with Crippen LogP contribution in [0.3, 0.4) is 0 Å². The summed E-state index contributed by atoms with van der Waals surface area (Å²) in [5.41, 5.74) is 0. The quantitative estimate of drug-likeness (QED) is 0.524. The highest BCUT2D eigenvalue weighted by atomic mass is 16.2. The molecule has 1 unspecified atom stereocenters. The van der Waals surface area contributed by atoms with Gasteiger partial charge in [-0.15, -0.1) is 0 Å². The minimum absolute atomic E-state index is 0.147. The molecule has 2 saturated heterocycles. The van der Waals surface area contributed by atoms with Gasteiger partial charge in [0.15, 0.2) is 0 Å². The number of carbonyl (C=O) groups excluding carboxylic acids is 1. The van der Waals surface area contributed by atoms with E-state index in [-0.39, 0.29) is 6.03 Å². The number of hydrogen-bond donors (Lipinski definition) is 1. The van der Waals surface area contributed by atoms with Gasteiger partial charge in [-0.05, 0) is 19.3 Å². The molecule has 0 saturated carbocycles. The third-order valence-electron chi connectivity index (χ3n) is 2.39. The first-order chi connectivity index (χ1) is 4.88. The standard InChI is InChI=1S/C7H12N2O/c10-7-8-4-3-6-2-1-5-9(6)7/h6H,1-5H2,(H,8,10). The maximum atomic E-state index is 11.1. The number of nitrogens with one attached hydrogen (secondary N) is 1. The maximum Gasteiger partial charge on any atom is 0.317 e. The van der Waals surface area contributed by atoms with Gasteiger partial charge in [-0.25, -0.2) is 4.79 Å². The predicted octanol–water partition coefficient (Wildman–Crippen LogP) is 0.564. The lowest BCUT2D eigenvalue weighted by molar-refractivity contribution is 0.176. The first kappa shape index (κ1) is 6.01. The Morgan fingerprint density at radius 2 is 2.40 bits per heavy atom. The van der Waals surface area contributed by atoms with Crippen molar-refractivity contribution in [3.8, 4) is 0 Å². The lowest BCUT2D eigenvalue weighted by Crippen LogP contribution is -2.49. The van der Waals surface area contributed by atoms with Crippen LogP contribution >= 0.6 is 0 Å². The molecule has 0 aromatic carbocycles. The highest BCUT2D eigenvalue weighted by Crippen LogP contribution is 2.21. The minimum atomic E-state index is 0.147. The Balaban J connectivity index is 2.10. The average molecular weight is 140 g/mol. The number of rotatable bonds is 0. The summed E-state index contributed by atoms with van der Waals surface area (Å²) >= 11 is 0. The third-order valence-corrected chi connectivity index (χ3v) is 2.39. The van der Waals surface area contributed by atoms with Gasteiger partial charge in [0.1, 0.15) is 0 Å². The molecule has 2 rings (SSSR count). The summed E-state index contributed by atoms with van der Waals surface area (Å²) in [4.78, 5) is 13.1. The smallest absolute Gasteiger partial charge is 0.317 e. The summed E-state index contributed by atoms with van der Waals surface area (Å²) in [5.74, 6) is 0. The van der Waals surface area contributed by atoms with Crippen molar-refractivity contribution in [1.82, 2.24) is 10.2 Å². The van der Waals surface area contributed by atoms with E-state index in [0.29, 0.717) is 6.04 Å². The van der Waals surface area contributed by atoms with Crippen LogP contribution in [0.4, 0.5) is 4.79 Å². The van der Waals surface area contributed by atoms with Crippen LogP contribution in [0, 0.1) is 0 Å². The number of fused-ring (bicyclic) bond motifs is 1. The van der Waals surface area contributed by atoms with Crippen LogP contribution in [0.25, 0.3) is 0 Å². The van der Waals surface area contributed by atoms with E-state index in [2.05, 4.69) is 5.32 Å². The first-order valence-corrected chi connectivity index (χ1v) is 3.92. The molecular formula is C7H12N2O. The van der Waals surface area contributed by atoms with E-state index in [1.807, 2.05) is 4.90 Å². The Morgan fingerprint density at radius 3 is 3.20 bits per heavy atom. The molecule has 2 fully saturated rings. The Labute approximate surface area is 60.4 Å². The van der Waals surface area contributed by atoms with Gasteiger partial charge < -0.3 is 10.2 Å². The highest BCUT2D eigenvalue weighted by Gasteiger charge is 2.31. The Hall–Kier alpha value is -0.730. The second-order valence-electron chi connectivity index (χ2n) is 3.01. The van der Waals surface area contributed by atoms with Crippen molar-refractivity contribution in [2.75, 3.05) is 13.1 Å². The van der Waals surface area contributed by atoms with Gasteiger partial charge in [-0.3, -0.25) is 0 Å². The second-order valence-corrected chi connectivity index (χ2v) is 3.01. The van der Waals surface area contributed by atoms with Crippen molar-refractivity contribution < 1.29 is 4.79 Å². The number of amides is 2. The summed E-state index contributed by atoms with van der Waals surface area (Å²) in [5, 5.41) is 2.84. The molecule has 1 atom stereocenters. The van der Waals surface area contributed by atoms with Crippen LogP contribution in [-0.4, -0.2) is 30.1 Å². The Kier molecular flexibility index (Phi) is 1.29. The van der Waals surface area contributed by atoms with Crippen molar-refractivity contribution in [2.45, 2.75) is 25.3 Å². The molecule has 0 spiro atoms. The van der Waals surface area contributed by atoms with Crippen molar-refractivity contribution in [3.05, 3.63) is 0 Å². The molecular weight excluding hydrogens is 128 g/mol. The van der Waals surface area contributed by atoms with Crippen LogP contribution in [-0.2, 0) is 0 Å². The fourth-order valence-electron chi connectivity index (χ4n) is 1.85. The van der Waals surface area contributed by atoms with Gasteiger partial charge in [0, 0.05) is 19.1 Å². The van der Waals surface area contributed by atoms with Gasteiger partial charge in [-0.2, -0.15) is 0 Å². The molecule has 1 N–H and O–H groups in total. The molecule has 56 valence electrons. The van der Waals surface area contributed by atoms with Gasteiger partial charge in [0.25, 0.3) is 0 Å². The van der Waals surface area contributed by atoms with E-state index in [1.54, 1.807) is 0 Å². The van der Waals surface area contributed by atoms with Gasteiger partial charge in [-0.1, -0.05) is 0 Å². The molecule has 2 amide bonds. The lowest BCUT2D eigenvalue weighted by Gasteiger charge is -2.29. The van der Waals surface area contributed by atoms with Gasteiger partial charge in [0.2, 0.25) is 0 Å². The second kappa shape index (κ2) is 2.15. The van der Waals surface area contributed by atoms with Crippen LogP contribution < -0.4 is 5.32 Å². The molecule has 0 bridgehead atoms. The van der Waals surface area contributed by atoms with Crippen LogP contribution in [0.2, 0.25) is 0 Å². The van der Waals surface area contributed by atoms with Crippen LogP contribution in [0.15, 0.2) is 0 Å². The first-order valence-electron chi connectivity index (χ1n) is 3.92. The van der Waals surface area contributed by atoms with E-state index in [0.717, 1.165) is 19.5 Å². The Bertz CT molecular complexity index is 158. The highest BCUT2D eigenvalue weighted by molar-refractivity contribution is 5.75. The summed E-state index contributed by atoms with van der Waals surface area (Å²) in [6, 6.07) is 0.711. The summed E-state index contributed by atoms with van der Waals surface area (Å²) in [6.07, 6.45) is 3.55. The molecule has 0 radical (unpaired) electrons. The van der Waals surface area contributed by atoms with E-state index in [9.17, 15) is 4.79 Å². The molecule has 3 heteroatoms. The summed E-state index contributed by atoms with van der Waals surface area (Å²) < 4.78 is 0. The molecule has 0 aromatic rings. The largest absolute Gasteiger partial charge is 0.338 e. The molecule has 0 aromatic heterocycles. The third kappa shape index (κ3) is 0.770. The maximum absolute atomic E-state index is 11.1. The molecule has 10 heavy (non-hydrogen) atoms. The van der Waals surface area contributed by atoms with Crippen LogP contribution in [0.5, 0.6) is 0 Å². The van der Waals surface area contributed by atoms with E-state index >= 15 is 0 Å². The average Bonchev–Trinajstić information content (AvgIpc) is 2.36. The zero-order valence-electron chi connectivity index (χ0n) is 5.97. The number of carbonyl (C=O) groups is 1. The SMILES string of the molecule is O=C1NCCC2CCCN12. The summed E-state index contributed by atoms with van der Waals surface area (Å²) in [7, 11) is 0. The fraction of sp³-hybridized carbons (Fsp3) is 0.857. The normalized spacial score (nSPS) is 31.8. The minimum Gasteiger partial charge on any atom is -0.338 e. The number of urea groups is 1. The van der Waals surface area contributed by atoms with E-state index in [1.165, 1.54) is 12.8 Å². The predicted molar refractivity (Wildman–Crippen MR) is 37.7 cm³/mol. The van der Waals surface area contributed by atoms with Crippen molar-refractivity contribution in [2.24, 2.45) is 0 Å². The molecule has 3 nitrogen and oxygen atoms in total. The monoisotopic (exact) mass is 140 g/mol. The number of hydrogen-bond acceptors (Lipinski definition) is 1. The number of nitrogens with zero attached hydrogens (tertiary/aromatic N) is 1. The van der Waals surface area contributed by atoms with Gasteiger partial charge in [0.05, 0.1) is 0 Å². The molecule has 0 aliphatic carbocycles. The van der Waals surface area contributed by atoms with Gasteiger partial charge >= 0.3 is 6.03 Å². The lowest BCUT2D eigenvalue weighted by atomic mass is 10.1. The zero-order valence-corrected chi connectivity index (χ0v) is 5.97. The van der Waals surface area contributed by atoms with Crippen molar-refractivity contribution >= 4 is 6.03 Å². The molecule has 2 heterocycles. The van der Waals surface area contributed by atoms with Crippen LogP contribution in [0.1, 0.15) is 19.3 Å². The summed E-state index contributed by atoms with van der Waals surface area (Å²) in [6.45, 7) is 1.84. The molecule has 2 aliphatic rings. The van der Waals surface area contributed by atoms with Crippen molar-refractivity contribution in [3.63, 3.8) is 0 Å². The van der Waals surface area contributed by atoms with E-state index in [4.69, 9.17) is 0 Å². The molecule has 2 aliphatic heterocycles. The van der Waals surface area contributed by atoms with Crippen molar-refractivity contribution in [1.29, 1.82) is 0 Å². The Morgan fingerprint density at radius 1 is 1.50 bits per heavy atom. The topological polar surface area (TPSA) is 32.3 Å². The fourth-order valence-corrected chi connectivity index (χ4v) is 1.85. The van der Waals surface area contributed by atoms with E-state index < -0.39 is 0 Å². The zero-order chi connectivity index (χ0) is 6.97.